The monoisotopic (exact) mass is 491 g/mol. The number of hydrogen-bond donors (Lipinski definition) is 1. The number of nitrogens with one attached hydrogen (secondary N) is 1. The molecule has 0 aliphatic rings. The first-order valence-corrected chi connectivity index (χ1v) is 11.9. The number of ether oxygens (including phenoxy) is 1. The van der Waals surface area contributed by atoms with Crippen molar-refractivity contribution in [1.29, 1.82) is 0 Å². The number of carbonyl (C=O) groups excluding carboxylic acids is 2. The van der Waals surface area contributed by atoms with Gasteiger partial charge in [-0.25, -0.2) is 9.31 Å². The van der Waals surface area contributed by atoms with Crippen LogP contribution in [0.5, 0.6) is 0 Å². The van der Waals surface area contributed by atoms with E-state index in [4.69, 9.17) is 9.84 Å². The van der Waals surface area contributed by atoms with Crippen molar-refractivity contribution in [2.45, 2.75) is 20.4 Å². The van der Waals surface area contributed by atoms with Gasteiger partial charge in [0.1, 0.15) is 0 Å². The van der Waals surface area contributed by atoms with Crippen LogP contribution >= 0.6 is 0 Å². The summed E-state index contributed by atoms with van der Waals surface area (Å²) in [5.74, 6) is -0.476. The molecular weight excluding hydrogens is 466 g/mol. The Balaban J connectivity index is 1.63. The van der Waals surface area contributed by atoms with Gasteiger partial charge in [0.15, 0.2) is 5.78 Å². The fourth-order valence-electron chi connectivity index (χ4n) is 4.11. The van der Waals surface area contributed by atoms with Gasteiger partial charge >= 0.3 is 5.97 Å². The van der Waals surface area contributed by atoms with Gasteiger partial charge < -0.3 is 10.1 Å². The predicted molar refractivity (Wildman–Crippen MR) is 141 cm³/mol. The quantitative estimate of drug-likeness (QED) is 0.228. The van der Waals surface area contributed by atoms with Gasteiger partial charge in [-0.1, -0.05) is 30.3 Å². The molecule has 5 rings (SSSR count). The number of carbonyl (C=O) groups is 2. The summed E-state index contributed by atoms with van der Waals surface area (Å²) in [6.45, 7) is 4.17. The Morgan fingerprint density at radius 1 is 0.919 bits per heavy atom. The van der Waals surface area contributed by atoms with Crippen LogP contribution in [0.3, 0.4) is 0 Å². The van der Waals surface area contributed by atoms with Gasteiger partial charge in [0.2, 0.25) is 0 Å². The zero-order valence-electron chi connectivity index (χ0n) is 20.5. The zero-order valence-corrected chi connectivity index (χ0v) is 20.5. The van der Waals surface area contributed by atoms with E-state index in [-0.39, 0.29) is 12.4 Å². The number of aromatic nitrogens is 4. The molecule has 0 atom stereocenters. The van der Waals surface area contributed by atoms with E-state index in [0.29, 0.717) is 28.9 Å². The van der Waals surface area contributed by atoms with Crippen LogP contribution < -0.4 is 5.32 Å². The Bertz CT molecular complexity index is 1590. The molecule has 0 fully saturated rings. The first-order chi connectivity index (χ1) is 18.0. The summed E-state index contributed by atoms with van der Waals surface area (Å²) >= 11 is 0. The highest BCUT2D eigenvalue weighted by Gasteiger charge is 2.16. The van der Waals surface area contributed by atoms with Crippen molar-refractivity contribution in [3.63, 3.8) is 0 Å². The van der Waals surface area contributed by atoms with Crippen LogP contribution in [0.1, 0.15) is 40.1 Å². The summed E-state index contributed by atoms with van der Waals surface area (Å²) < 4.78 is 6.92. The molecule has 0 amide bonds. The molecule has 8 heteroatoms. The summed E-state index contributed by atoms with van der Waals surface area (Å²) in [4.78, 5) is 32.8. The molecule has 8 nitrogen and oxygen atoms in total. The SMILES string of the molecule is CCOC(=O)c1cncc(-c2cc(NCc3ccccc3)c3c(-c4cncc(C(C)=O)c4)ccn3n2)c1. The molecule has 184 valence electrons. The van der Waals surface area contributed by atoms with E-state index in [1.807, 2.05) is 42.6 Å². The maximum Gasteiger partial charge on any atom is 0.339 e. The van der Waals surface area contributed by atoms with Crippen LogP contribution in [-0.4, -0.2) is 37.9 Å². The third-order valence-electron chi connectivity index (χ3n) is 5.94. The summed E-state index contributed by atoms with van der Waals surface area (Å²) in [5.41, 5.74) is 6.74. The molecule has 0 aliphatic carbocycles. The van der Waals surface area contributed by atoms with Crippen LogP contribution in [0.4, 0.5) is 5.69 Å². The molecule has 5 aromatic rings. The number of pyridine rings is 2. The Kier molecular flexibility index (Phi) is 6.72. The number of benzene rings is 1. The van der Waals surface area contributed by atoms with E-state index in [0.717, 1.165) is 27.9 Å². The van der Waals surface area contributed by atoms with Gasteiger partial charge in [-0.15, -0.1) is 0 Å². The second kappa shape index (κ2) is 10.4. The average Bonchev–Trinajstić information content (AvgIpc) is 3.37. The molecule has 0 bridgehead atoms. The van der Waals surface area contributed by atoms with E-state index in [1.165, 1.54) is 13.1 Å². The molecular formula is C29H25N5O3. The van der Waals surface area contributed by atoms with Gasteiger partial charge in [-0.2, -0.15) is 5.10 Å². The van der Waals surface area contributed by atoms with Crippen molar-refractivity contribution in [3.05, 3.63) is 102 Å². The minimum Gasteiger partial charge on any atom is -0.462 e. The Labute approximate surface area is 214 Å². The second-order valence-electron chi connectivity index (χ2n) is 8.51. The lowest BCUT2D eigenvalue weighted by molar-refractivity contribution is 0.0525. The Morgan fingerprint density at radius 3 is 2.41 bits per heavy atom. The largest absolute Gasteiger partial charge is 0.462 e. The highest BCUT2D eigenvalue weighted by atomic mass is 16.5. The lowest BCUT2D eigenvalue weighted by atomic mass is 10.0. The highest BCUT2D eigenvalue weighted by Crippen LogP contribution is 2.33. The smallest absolute Gasteiger partial charge is 0.339 e. The molecule has 0 saturated heterocycles. The molecule has 0 aliphatic heterocycles. The first-order valence-electron chi connectivity index (χ1n) is 11.9. The third-order valence-corrected chi connectivity index (χ3v) is 5.94. The van der Waals surface area contributed by atoms with Gasteiger partial charge in [0.05, 0.1) is 29.1 Å². The maximum absolute atomic E-state index is 12.3. The van der Waals surface area contributed by atoms with Crippen molar-refractivity contribution in [2.24, 2.45) is 0 Å². The number of esters is 1. The Morgan fingerprint density at radius 2 is 1.65 bits per heavy atom. The molecule has 0 spiro atoms. The van der Waals surface area contributed by atoms with Gasteiger partial charge in [0, 0.05) is 59.8 Å². The number of rotatable bonds is 8. The van der Waals surface area contributed by atoms with Crippen LogP contribution in [-0.2, 0) is 11.3 Å². The van der Waals surface area contributed by atoms with Gasteiger partial charge in [0.25, 0.3) is 0 Å². The van der Waals surface area contributed by atoms with Crippen molar-refractivity contribution in [3.8, 4) is 22.4 Å². The van der Waals surface area contributed by atoms with E-state index in [9.17, 15) is 9.59 Å². The second-order valence-corrected chi connectivity index (χ2v) is 8.51. The molecule has 4 heterocycles. The number of fused-ring (bicyclic) bond motifs is 1. The number of nitrogens with zero attached hydrogens (tertiary/aromatic N) is 4. The molecule has 1 N–H and O–H groups in total. The number of ketones is 1. The molecule has 0 unspecified atom stereocenters. The fourth-order valence-corrected chi connectivity index (χ4v) is 4.11. The topological polar surface area (TPSA) is 98.5 Å². The van der Waals surface area contributed by atoms with E-state index < -0.39 is 5.97 Å². The molecule has 4 aromatic heterocycles. The van der Waals surface area contributed by atoms with E-state index >= 15 is 0 Å². The van der Waals surface area contributed by atoms with Crippen molar-refractivity contribution >= 4 is 23.0 Å². The summed E-state index contributed by atoms with van der Waals surface area (Å²) in [7, 11) is 0. The predicted octanol–water partition coefficient (Wildman–Crippen LogP) is 5.45. The van der Waals surface area contributed by atoms with Gasteiger partial charge in [-0.05, 0) is 43.7 Å². The minimum absolute atomic E-state index is 0.0466. The normalized spacial score (nSPS) is 10.9. The average molecular weight is 492 g/mol. The zero-order chi connectivity index (χ0) is 25.8. The van der Waals surface area contributed by atoms with Crippen molar-refractivity contribution in [1.82, 2.24) is 19.6 Å². The van der Waals surface area contributed by atoms with Crippen LogP contribution in [0.2, 0.25) is 0 Å². The number of anilines is 1. The standard InChI is InChI=1S/C29H25N5O3/c1-3-37-29(36)24-12-23(17-31-18-24)26-13-27(32-14-20-7-5-4-6-8-20)28-25(9-10-34(28)33-26)22-11-21(19(2)35)15-30-16-22/h4-13,15-18,32H,3,14H2,1-2H3. The molecule has 37 heavy (non-hydrogen) atoms. The van der Waals surface area contributed by atoms with Gasteiger partial charge in [-0.3, -0.25) is 14.8 Å². The minimum atomic E-state index is -0.429. The van der Waals surface area contributed by atoms with Crippen LogP contribution in [0.25, 0.3) is 27.9 Å². The third kappa shape index (κ3) is 5.08. The lowest BCUT2D eigenvalue weighted by Crippen LogP contribution is -2.06. The van der Waals surface area contributed by atoms with Crippen molar-refractivity contribution < 1.29 is 14.3 Å². The summed E-state index contributed by atoms with van der Waals surface area (Å²) in [5, 5.41) is 8.35. The molecule has 1 aromatic carbocycles. The van der Waals surface area contributed by atoms with Crippen LogP contribution in [0, 0.1) is 0 Å². The Hall–Kier alpha value is -4.85. The van der Waals surface area contributed by atoms with E-state index in [1.54, 1.807) is 36.1 Å². The number of Topliss-reactive ketones (excluding diaryl/α,β-unsaturated/α-hetero) is 1. The highest BCUT2D eigenvalue weighted by molar-refractivity contribution is 5.97. The fraction of sp³-hybridized carbons (Fsp3) is 0.138. The summed E-state index contributed by atoms with van der Waals surface area (Å²) in [6.07, 6.45) is 8.33. The molecule has 0 radical (unpaired) electrons. The number of hydrogen-bond acceptors (Lipinski definition) is 7. The lowest BCUT2D eigenvalue weighted by Gasteiger charge is -2.13. The molecule has 0 saturated carbocycles. The summed E-state index contributed by atoms with van der Waals surface area (Å²) in [6, 6.07) is 17.5. The van der Waals surface area contributed by atoms with Crippen molar-refractivity contribution in [2.75, 3.05) is 11.9 Å². The maximum atomic E-state index is 12.3. The first kappa shape index (κ1) is 23.9. The van der Waals surface area contributed by atoms with E-state index in [2.05, 4.69) is 27.4 Å². The van der Waals surface area contributed by atoms with Crippen LogP contribution in [0.15, 0.2) is 85.6 Å².